The Balaban J connectivity index is 2.00. The predicted octanol–water partition coefficient (Wildman–Crippen LogP) is 3.02. The number of ether oxygens (including phenoxy) is 1. The Morgan fingerprint density at radius 3 is 2.50 bits per heavy atom. The number of nitrogens with one attached hydrogen (secondary N) is 1. The third-order valence-electron chi connectivity index (χ3n) is 3.45. The average Bonchev–Trinajstić information content (AvgIpc) is 2.59. The Morgan fingerprint density at radius 2 is 1.88 bits per heavy atom. The van der Waals surface area contributed by atoms with Crippen LogP contribution in [0, 0.1) is 0 Å². The van der Waals surface area contributed by atoms with Crippen molar-refractivity contribution in [1.29, 1.82) is 0 Å². The first-order chi connectivity index (χ1) is 11.5. The van der Waals surface area contributed by atoms with Crippen LogP contribution in [0.25, 0.3) is 0 Å². The van der Waals surface area contributed by atoms with Crippen LogP contribution in [0.4, 0.5) is 5.69 Å². The van der Waals surface area contributed by atoms with Gasteiger partial charge >= 0.3 is 0 Å². The molecule has 2 aromatic rings. The van der Waals surface area contributed by atoms with E-state index in [9.17, 15) is 9.59 Å². The number of methoxy groups -OCH3 is 1. The van der Waals surface area contributed by atoms with Crippen molar-refractivity contribution in [3.05, 3.63) is 59.1 Å². The Bertz CT molecular complexity index is 716. The van der Waals surface area contributed by atoms with Crippen molar-refractivity contribution in [3.8, 4) is 5.75 Å². The minimum Gasteiger partial charge on any atom is -0.497 e. The normalized spacial score (nSPS) is 10.1. The fourth-order valence-corrected chi connectivity index (χ4v) is 2.29. The van der Waals surface area contributed by atoms with E-state index in [1.807, 2.05) is 12.1 Å². The number of anilines is 1. The maximum Gasteiger partial charge on any atom is 0.240 e. The van der Waals surface area contributed by atoms with Gasteiger partial charge in [-0.05, 0) is 29.8 Å². The number of amides is 2. The van der Waals surface area contributed by atoms with Crippen LogP contribution in [0.5, 0.6) is 5.75 Å². The summed E-state index contributed by atoms with van der Waals surface area (Å²) >= 11 is 5.83. The summed E-state index contributed by atoms with van der Waals surface area (Å²) in [6.45, 7) is 1.74. The minimum absolute atomic E-state index is 0.0594. The molecule has 0 aliphatic heterocycles. The zero-order valence-corrected chi connectivity index (χ0v) is 14.3. The van der Waals surface area contributed by atoms with Gasteiger partial charge in [0.25, 0.3) is 0 Å². The topological polar surface area (TPSA) is 58.6 Å². The summed E-state index contributed by atoms with van der Waals surface area (Å²) in [5.74, 6) is 0.160. The van der Waals surface area contributed by atoms with Crippen LogP contribution in [0.15, 0.2) is 48.5 Å². The van der Waals surface area contributed by atoms with Gasteiger partial charge in [-0.2, -0.15) is 0 Å². The number of hydrogen-bond acceptors (Lipinski definition) is 3. The molecule has 126 valence electrons. The first-order valence-corrected chi connectivity index (χ1v) is 7.80. The molecule has 0 fully saturated rings. The van der Waals surface area contributed by atoms with Crippen LogP contribution in [-0.4, -0.2) is 25.5 Å². The number of carbonyl (C=O) groups excluding carboxylic acids is 2. The highest BCUT2D eigenvalue weighted by molar-refractivity contribution is 6.30. The van der Waals surface area contributed by atoms with Crippen molar-refractivity contribution in [2.75, 3.05) is 18.6 Å². The second-order valence-corrected chi connectivity index (χ2v) is 5.65. The zero-order chi connectivity index (χ0) is 17.5. The first kappa shape index (κ1) is 17.8. The lowest BCUT2D eigenvalue weighted by molar-refractivity contribution is -0.123. The zero-order valence-electron chi connectivity index (χ0n) is 13.6. The summed E-state index contributed by atoms with van der Waals surface area (Å²) in [7, 11) is 1.55. The molecule has 0 atom stereocenters. The van der Waals surface area contributed by atoms with Crippen molar-refractivity contribution in [1.82, 2.24) is 5.32 Å². The smallest absolute Gasteiger partial charge is 0.240 e. The molecule has 0 aliphatic carbocycles. The molecule has 0 saturated carbocycles. The molecule has 0 bridgehead atoms. The van der Waals surface area contributed by atoms with Crippen molar-refractivity contribution in [3.63, 3.8) is 0 Å². The maximum atomic E-state index is 12.2. The van der Waals surface area contributed by atoms with Crippen LogP contribution < -0.4 is 15.0 Å². The van der Waals surface area contributed by atoms with E-state index in [0.717, 1.165) is 5.56 Å². The predicted molar refractivity (Wildman–Crippen MR) is 94.3 cm³/mol. The lowest BCUT2D eigenvalue weighted by Crippen LogP contribution is -2.39. The van der Waals surface area contributed by atoms with Gasteiger partial charge in [-0.3, -0.25) is 9.59 Å². The molecule has 0 unspecified atom stereocenters. The molecular formula is C18H19ClN2O3. The fourth-order valence-electron chi connectivity index (χ4n) is 2.17. The van der Waals surface area contributed by atoms with Gasteiger partial charge < -0.3 is 15.0 Å². The number of nitrogens with zero attached hydrogens (tertiary/aromatic N) is 1. The van der Waals surface area contributed by atoms with Crippen molar-refractivity contribution in [2.24, 2.45) is 0 Å². The van der Waals surface area contributed by atoms with Gasteiger partial charge in [0.05, 0.1) is 7.11 Å². The van der Waals surface area contributed by atoms with Crippen molar-refractivity contribution < 1.29 is 14.3 Å². The molecule has 0 aromatic heterocycles. The highest BCUT2D eigenvalue weighted by Gasteiger charge is 2.16. The lowest BCUT2D eigenvalue weighted by Gasteiger charge is -2.21. The summed E-state index contributed by atoms with van der Waals surface area (Å²) in [6, 6.07) is 14.2. The average molecular weight is 347 g/mol. The van der Waals surface area contributed by atoms with Gasteiger partial charge in [-0.25, -0.2) is 0 Å². The molecule has 6 heteroatoms. The molecule has 5 nitrogen and oxygen atoms in total. The second kappa shape index (κ2) is 8.36. The number of halogens is 1. The Labute approximate surface area is 146 Å². The monoisotopic (exact) mass is 346 g/mol. The van der Waals surface area contributed by atoms with Crippen LogP contribution in [0.2, 0.25) is 5.02 Å². The molecule has 1 N–H and O–H groups in total. The summed E-state index contributed by atoms with van der Waals surface area (Å²) in [5, 5.41) is 3.44. The molecule has 2 aromatic carbocycles. The van der Waals surface area contributed by atoms with Gasteiger partial charge in [0.15, 0.2) is 0 Å². The molecule has 2 amide bonds. The van der Waals surface area contributed by atoms with Gasteiger partial charge in [0, 0.05) is 30.2 Å². The van der Waals surface area contributed by atoms with Crippen molar-refractivity contribution in [2.45, 2.75) is 13.5 Å². The van der Waals surface area contributed by atoms with Gasteiger partial charge in [0.2, 0.25) is 11.8 Å². The van der Waals surface area contributed by atoms with E-state index in [1.54, 1.807) is 43.5 Å². The second-order valence-electron chi connectivity index (χ2n) is 5.21. The van der Waals surface area contributed by atoms with E-state index in [1.165, 1.54) is 11.8 Å². The summed E-state index contributed by atoms with van der Waals surface area (Å²) in [6.07, 6.45) is 0. The summed E-state index contributed by atoms with van der Waals surface area (Å²) in [5.41, 5.74) is 1.55. The Hall–Kier alpha value is -2.53. The van der Waals surface area contributed by atoms with Crippen LogP contribution >= 0.6 is 11.6 Å². The van der Waals surface area contributed by atoms with E-state index in [4.69, 9.17) is 16.3 Å². The van der Waals surface area contributed by atoms with Crippen LogP contribution in [-0.2, 0) is 16.1 Å². The molecule has 0 spiro atoms. The summed E-state index contributed by atoms with van der Waals surface area (Å²) < 4.78 is 5.16. The van der Waals surface area contributed by atoms with Crippen LogP contribution in [0.3, 0.4) is 0 Å². The highest BCUT2D eigenvalue weighted by Crippen LogP contribution is 2.21. The van der Waals surface area contributed by atoms with Gasteiger partial charge in [-0.15, -0.1) is 0 Å². The Morgan fingerprint density at radius 1 is 1.17 bits per heavy atom. The largest absolute Gasteiger partial charge is 0.497 e. The lowest BCUT2D eigenvalue weighted by atomic mass is 10.2. The quantitative estimate of drug-likeness (QED) is 0.874. The molecule has 0 aliphatic rings. The van der Waals surface area contributed by atoms with E-state index in [-0.39, 0.29) is 18.4 Å². The molecule has 24 heavy (non-hydrogen) atoms. The third kappa shape index (κ3) is 4.99. The van der Waals surface area contributed by atoms with E-state index >= 15 is 0 Å². The number of hydrogen-bond donors (Lipinski definition) is 1. The van der Waals surface area contributed by atoms with E-state index in [2.05, 4.69) is 5.32 Å². The van der Waals surface area contributed by atoms with Crippen LogP contribution in [0.1, 0.15) is 12.5 Å². The van der Waals surface area contributed by atoms with Gasteiger partial charge in [0.1, 0.15) is 12.3 Å². The summed E-state index contributed by atoms with van der Waals surface area (Å²) in [4.78, 5) is 25.4. The Kier molecular flexibility index (Phi) is 6.21. The number of benzene rings is 2. The van der Waals surface area contributed by atoms with E-state index < -0.39 is 0 Å². The molecule has 0 heterocycles. The maximum absolute atomic E-state index is 12.2. The molecule has 2 rings (SSSR count). The fraction of sp³-hybridized carbons (Fsp3) is 0.222. The van der Waals surface area contributed by atoms with E-state index in [0.29, 0.717) is 23.0 Å². The third-order valence-corrected chi connectivity index (χ3v) is 3.70. The minimum atomic E-state index is -0.247. The number of carbonyl (C=O) groups is 2. The number of rotatable bonds is 6. The standard InChI is InChI=1S/C18H19ClN2O3/c1-13(22)21(16-4-3-5-17(10-16)24-2)12-18(23)20-11-14-6-8-15(19)9-7-14/h3-10H,11-12H2,1-2H3,(H,20,23). The molecular weight excluding hydrogens is 328 g/mol. The van der Waals surface area contributed by atoms with Crippen molar-refractivity contribution >= 4 is 29.1 Å². The highest BCUT2D eigenvalue weighted by atomic mass is 35.5. The molecule has 0 saturated heterocycles. The molecule has 0 radical (unpaired) electrons. The van der Waals surface area contributed by atoms with Gasteiger partial charge in [-0.1, -0.05) is 29.8 Å². The first-order valence-electron chi connectivity index (χ1n) is 7.43. The SMILES string of the molecule is COc1cccc(N(CC(=O)NCc2ccc(Cl)cc2)C(C)=O)c1.